The fourth-order valence-electron chi connectivity index (χ4n) is 2.20. The summed E-state index contributed by atoms with van der Waals surface area (Å²) in [7, 11) is 0. The van der Waals surface area contributed by atoms with Gasteiger partial charge < -0.3 is 4.74 Å². The van der Waals surface area contributed by atoms with Gasteiger partial charge >= 0.3 is 0 Å². The van der Waals surface area contributed by atoms with E-state index in [1.165, 1.54) is 12.1 Å². The van der Waals surface area contributed by atoms with Crippen molar-refractivity contribution < 1.29 is 9.13 Å². The van der Waals surface area contributed by atoms with Gasteiger partial charge in [0.2, 0.25) is 0 Å². The zero-order chi connectivity index (χ0) is 11.4. The lowest BCUT2D eigenvalue weighted by Gasteiger charge is -2.30. The Morgan fingerprint density at radius 3 is 2.69 bits per heavy atom. The van der Waals surface area contributed by atoms with Crippen LogP contribution in [0, 0.1) is 11.7 Å². The summed E-state index contributed by atoms with van der Waals surface area (Å²) >= 11 is 0. The van der Waals surface area contributed by atoms with Gasteiger partial charge in [0.05, 0.1) is 12.6 Å². The standard InChI is InChI=1S/C12H17FN2O/c13-11-5-3-9(4-6-11)12(15-14)10-2-1-7-16-8-10/h3-6,10,12,15H,1-2,7-8,14H2. The maximum absolute atomic E-state index is 12.8. The largest absolute Gasteiger partial charge is 0.381 e. The van der Waals surface area contributed by atoms with Crippen LogP contribution in [0.25, 0.3) is 0 Å². The van der Waals surface area contributed by atoms with E-state index >= 15 is 0 Å². The van der Waals surface area contributed by atoms with Gasteiger partial charge in [-0.25, -0.2) is 4.39 Å². The molecule has 2 atom stereocenters. The molecule has 1 aromatic carbocycles. The molecule has 0 spiro atoms. The Morgan fingerprint density at radius 2 is 2.12 bits per heavy atom. The number of hydrogen-bond acceptors (Lipinski definition) is 3. The molecular formula is C12H17FN2O. The van der Waals surface area contributed by atoms with Crippen LogP contribution in [-0.4, -0.2) is 13.2 Å². The van der Waals surface area contributed by atoms with Crippen LogP contribution >= 0.6 is 0 Å². The summed E-state index contributed by atoms with van der Waals surface area (Å²) in [6.45, 7) is 1.55. The minimum atomic E-state index is -0.223. The fourth-order valence-corrected chi connectivity index (χ4v) is 2.20. The Kier molecular flexibility index (Phi) is 3.88. The number of benzene rings is 1. The molecule has 1 aromatic rings. The fraction of sp³-hybridized carbons (Fsp3) is 0.500. The van der Waals surface area contributed by atoms with Crippen LogP contribution in [0.1, 0.15) is 24.4 Å². The number of hydrogen-bond donors (Lipinski definition) is 2. The van der Waals surface area contributed by atoms with Crippen LogP contribution in [0.4, 0.5) is 4.39 Å². The van der Waals surface area contributed by atoms with E-state index in [1.807, 2.05) is 0 Å². The molecule has 1 saturated heterocycles. The van der Waals surface area contributed by atoms with Crippen LogP contribution in [0.3, 0.4) is 0 Å². The van der Waals surface area contributed by atoms with Crippen molar-refractivity contribution >= 4 is 0 Å². The third-order valence-electron chi connectivity index (χ3n) is 3.08. The van der Waals surface area contributed by atoms with E-state index in [9.17, 15) is 4.39 Å². The van der Waals surface area contributed by atoms with Crippen molar-refractivity contribution in [1.29, 1.82) is 0 Å². The summed E-state index contributed by atoms with van der Waals surface area (Å²) in [5.41, 5.74) is 3.82. The summed E-state index contributed by atoms with van der Waals surface area (Å²) in [6.07, 6.45) is 2.15. The van der Waals surface area contributed by atoms with Crippen LogP contribution in [0.15, 0.2) is 24.3 Å². The third kappa shape index (κ3) is 2.58. The lowest BCUT2D eigenvalue weighted by atomic mass is 9.89. The van der Waals surface area contributed by atoms with Gasteiger partial charge in [0, 0.05) is 12.5 Å². The molecule has 88 valence electrons. The van der Waals surface area contributed by atoms with Gasteiger partial charge in [-0.2, -0.15) is 0 Å². The second kappa shape index (κ2) is 5.39. The monoisotopic (exact) mass is 224 g/mol. The highest BCUT2D eigenvalue weighted by Crippen LogP contribution is 2.28. The SMILES string of the molecule is NNC(c1ccc(F)cc1)C1CCCOC1. The van der Waals surface area contributed by atoms with Crippen LogP contribution in [0.5, 0.6) is 0 Å². The first-order chi connectivity index (χ1) is 7.81. The zero-order valence-corrected chi connectivity index (χ0v) is 9.16. The molecule has 1 fully saturated rings. The first-order valence-electron chi connectivity index (χ1n) is 5.60. The Morgan fingerprint density at radius 1 is 1.38 bits per heavy atom. The minimum Gasteiger partial charge on any atom is -0.381 e. The number of nitrogens with one attached hydrogen (secondary N) is 1. The van der Waals surface area contributed by atoms with Crippen molar-refractivity contribution in [3.8, 4) is 0 Å². The lowest BCUT2D eigenvalue weighted by molar-refractivity contribution is 0.0390. The van der Waals surface area contributed by atoms with Gasteiger partial charge in [0.1, 0.15) is 5.82 Å². The van der Waals surface area contributed by atoms with E-state index in [4.69, 9.17) is 10.6 Å². The van der Waals surface area contributed by atoms with E-state index in [0.717, 1.165) is 25.0 Å². The second-order valence-corrected chi connectivity index (χ2v) is 4.17. The van der Waals surface area contributed by atoms with E-state index in [-0.39, 0.29) is 11.9 Å². The molecule has 3 N–H and O–H groups in total. The van der Waals surface area contributed by atoms with Crippen molar-refractivity contribution in [2.45, 2.75) is 18.9 Å². The molecule has 0 saturated carbocycles. The molecule has 1 heterocycles. The summed E-state index contributed by atoms with van der Waals surface area (Å²) in [5, 5.41) is 0. The molecule has 2 unspecified atom stereocenters. The van der Waals surface area contributed by atoms with Crippen molar-refractivity contribution in [2.24, 2.45) is 11.8 Å². The first kappa shape index (κ1) is 11.5. The number of halogens is 1. The summed E-state index contributed by atoms with van der Waals surface area (Å²) < 4.78 is 18.3. The minimum absolute atomic E-state index is 0.0425. The molecule has 0 aromatic heterocycles. The smallest absolute Gasteiger partial charge is 0.123 e. The number of nitrogens with two attached hydrogens (primary N) is 1. The second-order valence-electron chi connectivity index (χ2n) is 4.17. The third-order valence-corrected chi connectivity index (χ3v) is 3.08. The van der Waals surface area contributed by atoms with Crippen molar-refractivity contribution in [3.05, 3.63) is 35.6 Å². The van der Waals surface area contributed by atoms with Crippen molar-refractivity contribution in [2.75, 3.05) is 13.2 Å². The highest BCUT2D eigenvalue weighted by molar-refractivity contribution is 5.20. The Bertz CT molecular complexity index is 322. The zero-order valence-electron chi connectivity index (χ0n) is 9.16. The Balaban J connectivity index is 2.11. The molecule has 2 rings (SSSR count). The number of rotatable bonds is 3. The lowest BCUT2D eigenvalue weighted by Crippen LogP contribution is -2.37. The van der Waals surface area contributed by atoms with Gasteiger partial charge in [-0.05, 0) is 30.5 Å². The van der Waals surface area contributed by atoms with E-state index < -0.39 is 0 Å². The molecule has 16 heavy (non-hydrogen) atoms. The average Bonchev–Trinajstić information content (AvgIpc) is 2.34. The average molecular weight is 224 g/mol. The molecule has 4 heteroatoms. The van der Waals surface area contributed by atoms with Gasteiger partial charge in [-0.15, -0.1) is 0 Å². The molecule has 3 nitrogen and oxygen atoms in total. The summed E-state index contributed by atoms with van der Waals surface area (Å²) in [4.78, 5) is 0. The molecule has 1 aliphatic rings. The van der Waals surface area contributed by atoms with E-state index in [1.54, 1.807) is 12.1 Å². The molecular weight excluding hydrogens is 207 g/mol. The maximum Gasteiger partial charge on any atom is 0.123 e. The van der Waals surface area contributed by atoms with Gasteiger partial charge in [0.15, 0.2) is 0 Å². The summed E-state index contributed by atoms with van der Waals surface area (Å²) in [6, 6.07) is 6.51. The van der Waals surface area contributed by atoms with E-state index in [2.05, 4.69) is 5.43 Å². The maximum atomic E-state index is 12.8. The number of hydrazine groups is 1. The summed E-state index contributed by atoms with van der Waals surface area (Å²) in [5.74, 6) is 5.72. The first-order valence-corrected chi connectivity index (χ1v) is 5.60. The molecule has 1 aliphatic heterocycles. The Hall–Kier alpha value is -0.970. The topological polar surface area (TPSA) is 47.3 Å². The van der Waals surface area contributed by atoms with Gasteiger partial charge in [-0.3, -0.25) is 11.3 Å². The van der Waals surface area contributed by atoms with Gasteiger partial charge in [-0.1, -0.05) is 12.1 Å². The highest BCUT2D eigenvalue weighted by Gasteiger charge is 2.24. The van der Waals surface area contributed by atoms with Gasteiger partial charge in [0.25, 0.3) is 0 Å². The molecule has 0 aliphatic carbocycles. The van der Waals surface area contributed by atoms with Crippen molar-refractivity contribution in [1.82, 2.24) is 5.43 Å². The van der Waals surface area contributed by atoms with Crippen LogP contribution in [0.2, 0.25) is 0 Å². The molecule has 0 radical (unpaired) electrons. The molecule has 0 amide bonds. The van der Waals surface area contributed by atoms with Crippen LogP contribution in [-0.2, 0) is 4.74 Å². The predicted molar refractivity (Wildman–Crippen MR) is 60.0 cm³/mol. The normalized spacial score (nSPS) is 23.0. The quantitative estimate of drug-likeness (QED) is 0.607. The number of ether oxygens (including phenoxy) is 1. The highest BCUT2D eigenvalue weighted by atomic mass is 19.1. The predicted octanol–water partition coefficient (Wildman–Crippen LogP) is 1.76. The van der Waals surface area contributed by atoms with Crippen LogP contribution < -0.4 is 11.3 Å². The van der Waals surface area contributed by atoms with Crippen molar-refractivity contribution in [3.63, 3.8) is 0 Å². The Labute approximate surface area is 94.8 Å². The van der Waals surface area contributed by atoms with E-state index in [0.29, 0.717) is 12.5 Å². The molecule has 0 bridgehead atoms.